The highest BCUT2D eigenvalue weighted by molar-refractivity contribution is 5.95. The first-order chi connectivity index (χ1) is 9.81. The van der Waals surface area contributed by atoms with Gasteiger partial charge in [0.05, 0.1) is 18.5 Å². The molecule has 0 aliphatic rings. The van der Waals surface area contributed by atoms with E-state index in [1.54, 1.807) is 36.1 Å². The van der Waals surface area contributed by atoms with E-state index in [0.717, 1.165) is 11.1 Å². The lowest BCUT2D eigenvalue weighted by molar-refractivity contribution is 0.0517. The van der Waals surface area contributed by atoms with Crippen LogP contribution in [0.2, 0.25) is 0 Å². The van der Waals surface area contributed by atoms with Gasteiger partial charge in [0.1, 0.15) is 11.3 Å². The number of rotatable bonds is 3. The number of fused-ring (bicyclic) bond motifs is 1. The van der Waals surface area contributed by atoms with Gasteiger partial charge < -0.3 is 4.74 Å². The number of esters is 1. The number of pyridine rings is 2. The van der Waals surface area contributed by atoms with Crippen LogP contribution in [0.25, 0.3) is 16.7 Å². The quantitative estimate of drug-likeness (QED) is 0.684. The second kappa shape index (κ2) is 5.13. The molecule has 3 heterocycles. The topological polar surface area (TPSA) is 57.0 Å². The van der Waals surface area contributed by atoms with Gasteiger partial charge in [-0.25, -0.2) is 9.78 Å². The third-order valence-electron chi connectivity index (χ3n) is 2.95. The van der Waals surface area contributed by atoms with Crippen molar-refractivity contribution in [3.63, 3.8) is 0 Å². The highest BCUT2D eigenvalue weighted by Crippen LogP contribution is 2.22. The lowest BCUT2D eigenvalue weighted by Crippen LogP contribution is -2.11. The Bertz CT molecular complexity index is 750. The maximum absolute atomic E-state index is 12.1. The predicted molar refractivity (Wildman–Crippen MR) is 74.8 cm³/mol. The molecule has 20 heavy (non-hydrogen) atoms. The van der Waals surface area contributed by atoms with E-state index in [4.69, 9.17) is 4.74 Å². The Kier molecular flexibility index (Phi) is 3.16. The van der Waals surface area contributed by atoms with Crippen LogP contribution in [0.4, 0.5) is 0 Å². The summed E-state index contributed by atoms with van der Waals surface area (Å²) in [4.78, 5) is 20.6. The highest BCUT2D eigenvalue weighted by Gasteiger charge is 2.18. The molecule has 3 aromatic rings. The summed E-state index contributed by atoms with van der Waals surface area (Å²) in [6.45, 7) is 2.12. The van der Waals surface area contributed by atoms with E-state index in [-0.39, 0.29) is 5.97 Å². The van der Waals surface area contributed by atoms with Crippen molar-refractivity contribution in [1.29, 1.82) is 0 Å². The average Bonchev–Trinajstić information content (AvgIpc) is 2.88. The lowest BCUT2D eigenvalue weighted by Gasteiger charge is -2.08. The minimum atomic E-state index is -0.366. The van der Waals surface area contributed by atoms with Crippen molar-refractivity contribution >= 4 is 17.0 Å². The van der Waals surface area contributed by atoms with Gasteiger partial charge in [0.15, 0.2) is 0 Å². The Morgan fingerprint density at radius 2 is 2.15 bits per heavy atom. The predicted octanol–water partition coefficient (Wildman–Crippen LogP) is 2.60. The first kappa shape index (κ1) is 12.3. The fourth-order valence-corrected chi connectivity index (χ4v) is 2.14. The summed E-state index contributed by atoms with van der Waals surface area (Å²) < 4.78 is 6.88. The first-order valence-electron chi connectivity index (χ1n) is 6.35. The Morgan fingerprint density at radius 3 is 2.90 bits per heavy atom. The van der Waals surface area contributed by atoms with Crippen LogP contribution in [0, 0.1) is 0 Å². The van der Waals surface area contributed by atoms with Crippen molar-refractivity contribution in [1.82, 2.24) is 14.5 Å². The number of carbonyl (C=O) groups is 1. The average molecular weight is 267 g/mol. The van der Waals surface area contributed by atoms with E-state index in [1.807, 2.05) is 24.3 Å². The van der Waals surface area contributed by atoms with E-state index in [1.165, 1.54) is 0 Å². The van der Waals surface area contributed by atoms with Gasteiger partial charge in [0.2, 0.25) is 0 Å². The summed E-state index contributed by atoms with van der Waals surface area (Å²) in [6.07, 6.45) is 5.08. The standard InChI is InChI=1S/C15H13N3O2/c1-2-20-15(19)13-9-11-5-3-8-17-14(11)18(13)12-6-4-7-16-10-12/h3-10H,2H2,1H3. The molecule has 0 fully saturated rings. The molecular formula is C15H13N3O2. The second-order valence-corrected chi connectivity index (χ2v) is 4.21. The second-order valence-electron chi connectivity index (χ2n) is 4.21. The highest BCUT2D eigenvalue weighted by atomic mass is 16.5. The van der Waals surface area contributed by atoms with E-state index < -0.39 is 0 Å². The van der Waals surface area contributed by atoms with Crippen LogP contribution >= 0.6 is 0 Å². The normalized spacial score (nSPS) is 10.7. The molecule has 0 radical (unpaired) electrons. The van der Waals surface area contributed by atoms with Gasteiger partial charge in [-0.05, 0) is 37.3 Å². The smallest absolute Gasteiger partial charge is 0.355 e. The van der Waals surface area contributed by atoms with Crippen molar-refractivity contribution in [2.24, 2.45) is 0 Å². The number of hydrogen-bond acceptors (Lipinski definition) is 4. The fourth-order valence-electron chi connectivity index (χ4n) is 2.14. The molecule has 3 aromatic heterocycles. The number of ether oxygens (including phenoxy) is 1. The van der Waals surface area contributed by atoms with Gasteiger partial charge in [-0.1, -0.05) is 0 Å². The first-order valence-corrected chi connectivity index (χ1v) is 6.35. The maximum Gasteiger partial charge on any atom is 0.355 e. The number of aromatic nitrogens is 3. The molecule has 0 spiro atoms. The molecule has 5 nitrogen and oxygen atoms in total. The third kappa shape index (κ3) is 2.03. The summed E-state index contributed by atoms with van der Waals surface area (Å²) >= 11 is 0. The van der Waals surface area contributed by atoms with Crippen LogP contribution in [0.15, 0.2) is 48.9 Å². The summed E-state index contributed by atoms with van der Waals surface area (Å²) in [5, 5.41) is 0.888. The summed E-state index contributed by atoms with van der Waals surface area (Å²) in [6, 6.07) is 9.24. The van der Waals surface area contributed by atoms with Gasteiger partial charge in [-0.2, -0.15) is 0 Å². The van der Waals surface area contributed by atoms with Crippen molar-refractivity contribution in [3.05, 3.63) is 54.6 Å². The molecule has 0 aliphatic heterocycles. The Labute approximate surface area is 115 Å². The monoisotopic (exact) mass is 267 g/mol. The molecule has 0 amide bonds. The van der Waals surface area contributed by atoms with Gasteiger partial charge in [0, 0.05) is 17.8 Å². The van der Waals surface area contributed by atoms with E-state index >= 15 is 0 Å². The van der Waals surface area contributed by atoms with Gasteiger partial charge in [-0.3, -0.25) is 9.55 Å². The molecule has 0 saturated carbocycles. The molecule has 0 N–H and O–H groups in total. The molecule has 0 saturated heterocycles. The SMILES string of the molecule is CCOC(=O)c1cc2cccnc2n1-c1cccnc1. The minimum Gasteiger partial charge on any atom is -0.461 e. The number of nitrogens with zero attached hydrogens (tertiary/aromatic N) is 3. The third-order valence-corrected chi connectivity index (χ3v) is 2.95. The van der Waals surface area contributed by atoms with Crippen LogP contribution in [-0.2, 0) is 4.74 Å². The van der Waals surface area contributed by atoms with Crippen molar-refractivity contribution in [2.75, 3.05) is 6.61 Å². The molecule has 0 unspecified atom stereocenters. The van der Waals surface area contributed by atoms with Gasteiger partial charge in [0.25, 0.3) is 0 Å². The van der Waals surface area contributed by atoms with Crippen LogP contribution in [-0.4, -0.2) is 27.1 Å². The van der Waals surface area contributed by atoms with E-state index in [9.17, 15) is 4.79 Å². The molecule has 0 bridgehead atoms. The van der Waals surface area contributed by atoms with Crippen LogP contribution in [0.5, 0.6) is 0 Å². The van der Waals surface area contributed by atoms with E-state index in [0.29, 0.717) is 17.9 Å². The Balaban J connectivity index is 2.26. The zero-order valence-corrected chi connectivity index (χ0v) is 11.0. The number of carbonyl (C=O) groups excluding carboxylic acids is 1. The summed E-state index contributed by atoms with van der Waals surface area (Å²) in [5.41, 5.74) is 1.95. The van der Waals surface area contributed by atoms with Gasteiger partial charge >= 0.3 is 5.97 Å². The van der Waals surface area contributed by atoms with Crippen molar-refractivity contribution in [3.8, 4) is 5.69 Å². The lowest BCUT2D eigenvalue weighted by atomic mass is 10.3. The zero-order chi connectivity index (χ0) is 13.9. The minimum absolute atomic E-state index is 0.334. The Hall–Kier alpha value is -2.69. The molecule has 5 heteroatoms. The number of hydrogen-bond donors (Lipinski definition) is 0. The molecule has 0 atom stereocenters. The molecule has 0 aliphatic carbocycles. The summed E-state index contributed by atoms with van der Waals surface area (Å²) in [7, 11) is 0. The van der Waals surface area contributed by atoms with Crippen molar-refractivity contribution < 1.29 is 9.53 Å². The zero-order valence-electron chi connectivity index (χ0n) is 11.0. The molecule has 100 valence electrons. The Morgan fingerprint density at radius 1 is 1.30 bits per heavy atom. The maximum atomic E-state index is 12.1. The van der Waals surface area contributed by atoms with Crippen LogP contribution in [0.1, 0.15) is 17.4 Å². The van der Waals surface area contributed by atoms with Crippen molar-refractivity contribution in [2.45, 2.75) is 6.92 Å². The van der Waals surface area contributed by atoms with Gasteiger partial charge in [-0.15, -0.1) is 0 Å². The molecule has 3 rings (SSSR count). The fraction of sp³-hybridized carbons (Fsp3) is 0.133. The molecule has 0 aromatic carbocycles. The largest absolute Gasteiger partial charge is 0.461 e. The van der Waals surface area contributed by atoms with Crippen LogP contribution < -0.4 is 0 Å². The summed E-state index contributed by atoms with van der Waals surface area (Å²) in [5.74, 6) is -0.366. The van der Waals surface area contributed by atoms with Crippen LogP contribution in [0.3, 0.4) is 0 Å². The molecular weight excluding hydrogens is 254 g/mol. The van der Waals surface area contributed by atoms with E-state index in [2.05, 4.69) is 9.97 Å².